The van der Waals surface area contributed by atoms with Gasteiger partial charge in [0.05, 0.1) is 22.7 Å². The molecule has 0 heterocycles. The lowest BCUT2D eigenvalue weighted by molar-refractivity contribution is 1.62. The first-order valence-corrected chi connectivity index (χ1v) is 15.4. The van der Waals surface area contributed by atoms with Crippen LogP contribution in [-0.2, 0) is 0 Å². The minimum absolute atomic E-state index is 0.547. The van der Waals surface area contributed by atoms with E-state index in [4.69, 9.17) is 22.9 Å². The van der Waals surface area contributed by atoms with Crippen molar-refractivity contribution >= 4 is 55.1 Å². The molecule has 0 atom stereocenters. The molecule has 0 aliphatic rings. The van der Waals surface area contributed by atoms with Gasteiger partial charge in [0.15, 0.2) is 0 Å². The third-order valence-corrected chi connectivity index (χ3v) is 9.02. The summed E-state index contributed by atoms with van der Waals surface area (Å²) in [7, 11) is 0. The number of nitrogens with two attached hydrogens (primary N) is 4. The van der Waals surface area contributed by atoms with Crippen molar-refractivity contribution < 1.29 is 0 Å². The summed E-state index contributed by atoms with van der Waals surface area (Å²) in [6, 6.07) is 50.3. The van der Waals surface area contributed by atoms with Crippen LogP contribution in [0.5, 0.6) is 0 Å². The normalized spacial score (nSPS) is 11.4. The monoisotopic (exact) mass is 592 g/mol. The van der Waals surface area contributed by atoms with E-state index in [1.165, 1.54) is 0 Å². The highest BCUT2D eigenvalue weighted by Gasteiger charge is 2.26. The summed E-state index contributed by atoms with van der Waals surface area (Å²) in [4.78, 5) is 0. The van der Waals surface area contributed by atoms with Crippen molar-refractivity contribution in [3.05, 3.63) is 146 Å². The second kappa shape index (κ2) is 10.7. The number of benzene rings is 8. The highest BCUT2D eigenvalue weighted by molar-refractivity contribution is 6.34. The van der Waals surface area contributed by atoms with E-state index < -0.39 is 0 Å². The van der Waals surface area contributed by atoms with E-state index in [1.807, 2.05) is 48.5 Å². The lowest BCUT2D eigenvalue weighted by atomic mass is 9.77. The maximum Gasteiger partial charge on any atom is 0.0554 e. The molecule has 0 aromatic heterocycles. The van der Waals surface area contributed by atoms with Gasteiger partial charge in [-0.2, -0.15) is 0 Å². The molecule has 0 amide bonds. The second-order valence-electron chi connectivity index (χ2n) is 11.8. The lowest BCUT2D eigenvalue weighted by Gasteiger charge is -2.26. The maximum atomic E-state index is 6.61. The average molecular weight is 593 g/mol. The SMILES string of the molecule is Nc1cc2c(-c3ccccc3)c3c(-c4ccccc4)c4cc(N)c(N)cc4c(-c4ccccc4)c3c(-c3ccccc3)c2cc1N. The Balaban J connectivity index is 1.81. The van der Waals surface area contributed by atoms with Crippen molar-refractivity contribution in [1.29, 1.82) is 0 Å². The fraction of sp³-hybridized carbons (Fsp3) is 0. The van der Waals surface area contributed by atoms with Crippen LogP contribution in [-0.4, -0.2) is 0 Å². The summed E-state index contributed by atoms with van der Waals surface area (Å²) in [6.45, 7) is 0. The molecule has 0 saturated heterocycles. The Morgan fingerprint density at radius 2 is 0.457 bits per heavy atom. The van der Waals surface area contributed by atoms with Crippen molar-refractivity contribution in [2.75, 3.05) is 22.9 Å². The zero-order chi connectivity index (χ0) is 31.4. The molecule has 8 aromatic carbocycles. The highest BCUT2D eigenvalue weighted by Crippen LogP contribution is 2.54. The van der Waals surface area contributed by atoms with Crippen LogP contribution in [0, 0.1) is 0 Å². The van der Waals surface area contributed by atoms with Gasteiger partial charge in [0.2, 0.25) is 0 Å². The van der Waals surface area contributed by atoms with Crippen LogP contribution in [0.2, 0.25) is 0 Å². The Morgan fingerprint density at radius 3 is 0.652 bits per heavy atom. The number of fused-ring (bicyclic) bond motifs is 3. The van der Waals surface area contributed by atoms with Crippen LogP contribution < -0.4 is 22.9 Å². The van der Waals surface area contributed by atoms with Gasteiger partial charge < -0.3 is 22.9 Å². The molecule has 0 aliphatic heterocycles. The predicted octanol–water partition coefficient (Wildman–Crippen LogP) is 10.1. The molecular weight excluding hydrogens is 560 g/mol. The summed E-state index contributed by atoms with van der Waals surface area (Å²) >= 11 is 0. The molecule has 0 saturated carbocycles. The van der Waals surface area contributed by atoms with Gasteiger partial charge in [-0.3, -0.25) is 0 Å². The number of anilines is 4. The molecule has 4 heteroatoms. The Labute approximate surface area is 267 Å². The van der Waals surface area contributed by atoms with E-state index in [0.29, 0.717) is 22.7 Å². The van der Waals surface area contributed by atoms with E-state index in [1.54, 1.807) is 0 Å². The van der Waals surface area contributed by atoms with E-state index >= 15 is 0 Å². The molecule has 0 fully saturated rings. The van der Waals surface area contributed by atoms with Crippen LogP contribution in [0.15, 0.2) is 146 Å². The molecule has 4 nitrogen and oxygen atoms in total. The molecule has 220 valence electrons. The smallest absolute Gasteiger partial charge is 0.0554 e. The Morgan fingerprint density at radius 1 is 0.261 bits per heavy atom. The van der Waals surface area contributed by atoms with Gasteiger partial charge in [-0.25, -0.2) is 0 Å². The molecule has 46 heavy (non-hydrogen) atoms. The Kier molecular flexibility index (Phi) is 6.36. The van der Waals surface area contributed by atoms with Crippen LogP contribution in [0.25, 0.3) is 76.8 Å². The van der Waals surface area contributed by atoms with Gasteiger partial charge >= 0.3 is 0 Å². The molecule has 8 rings (SSSR count). The third kappa shape index (κ3) is 4.23. The minimum atomic E-state index is 0.547. The van der Waals surface area contributed by atoms with Crippen LogP contribution in [0.4, 0.5) is 22.7 Å². The topological polar surface area (TPSA) is 104 Å². The van der Waals surface area contributed by atoms with Gasteiger partial charge in [0.1, 0.15) is 0 Å². The van der Waals surface area contributed by atoms with Gasteiger partial charge in [0, 0.05) is 0 Å². The first-order chi connectivity index (χ1) is 22.5. The quantitative estimate of drug-likeness (QED) is 0.121. The van der Waals surface area contributed by atoms with Crippen molar-refractivity contribution in [1.82, 2.24) is 0 Å². The van der Waals surface area contributed by atoms with Crippen molar-refractivity contribution in [2.24, 2.45) is 0 Å². The van der Waals surface area contributed by atoms with Gasteiger partial charge in [-0.05, 0) is 101 Å². The van der Waals surface area contributed by atoms with Gasteiger partial charge in [0.25, 0.3) is 0 Å². The molecule has 0 spiro atoms. The predicted molar refractivity (Wildman–Crippen MR) is 198 cm³/mol. The summed E-state index contributed by atoms with van der Waals surface area (Å²) in [6.07, 6.45) is 0. The van der Waals surface area contributed by atoms with Crippen LogP contribution >= 0.6 is 0 Å². The molecule has 0 unspecified atom stereocenters. The third-order valence-electron chi connectivity index (χ3n) is 9.02. The standard InChI is InChI=1S/C42H32N4/c43-33-21-29-30(22-34(33)44)39(27-17-9-3-10-18-27)42-40(28-19-11-4-12-20-28)32-24-36(46)35(45)23-31(32)38(26-15-7-2-8-16-26)41(42)37(29)25-13-5-1-6-14-25/h1-24H,43-46H2. The second-order valence-corrected chi connectivity index (χ2v) is 11.8. The summed E-state index contributed by atoms with van der Waals surface area (Å²) in [5, 5.41) is 6.35. The first kappa shape index (κ1) is 27.3. The number of hydrogen-bond acceptors (Lipinski definition) is 4. The minimum Gasteiger partial charge on any atom is -0.397 e. The van der Waals surface area contributed by atoms with E-state index in [-0.39, 0.29) is 0 Å². The van der Waals surface area contributed by atoms with E-state index in [9.17, 15) is 0 Å². The van der Waals surface area contributed by atoms with Crippen molar-refractivity contribution in [3.63, 3.8) is 0 Å². The van der Waals surface area contributed by atoms with Crippen molar-refractivity contribution in [3.8, 4) is 44.5 Å². The Bertz CT molecular complexity index is 2080. The molecule has 0 bridgehead atoms. The molecule has 0 aliphatic carbocycles. The summed E-state index contributed by atoms with van der Waals surface area (Å²) in [5.41, 5.74) is 37.3. The van der Waals surface area contributed by atoms with Crippen molar-refractivity contribution in [2.45, 2.75) is 0 Å². The average Bonchev–Trinajstić information content (AvgIpc) is 3.09. The van der Waals surface area contributed by atoms with Gasteiger partial charge in [-0.1, -0.05) is 121 Å². The van der Waals surface area contributed by atoms with Crippen LogP contribution in [0.3, 0.4) is 0 Å². The molecule has 0 radical (unpaired) electrons. The molecule has 8 N–H and O–H groups in total. The largest absolute Gasteiger partial charge is 0.397 e. The number of rotatable bonds is 4. The zero-order valence-electron chi connectivity index (χ0n) is 25.2. The first-order valence-electron chi connectivity index (χ1n) is 15.4. The summed E-state index contributed by atoms with van der Waals surface area (Å²) in [5.74, 6) is 0. The van der Waals surface area contributed by atoms with Gasteiger partial charge in [-0.15, -0.1) is 0 Å². The summed E-state index contributed by atoms with van der Waals surface area (Å²) < 4.78 is 0. The van der Waals surface area contributed by atoms with E-state index in [0.717, 1.165) is 76.8 Å². The fourth-order valence-electron chi connectivity index (χ4n) is 7.00. The zero-order valence-corrected chi connectivity index (χ0v) is 25.2. The molecule has 8 aromatic rings. The molecular formula is C42H32N4. The number of nitrogen functional groups attached to an aromatic ring is 4. The maximum absolute atomic E-state index is 6.61. The Hall–Kier alpha value is -6.26. The van der Waals surface area contributed by atoms with E-state index in [2.05, 4.69) is 97.1 Å². The highest BCUT2D eigenvalue weighted by atomic mass is 14.7. The lowest BCUT2D eigenvalue weighted by Crippen LogP contribution is -2.01. The number of hydrogen-bond donors (Lipinski definition) is 4. The van der Waals surface area contributed by atoms with Crippen LogP contribution in [0.1, 0.15) is 0 Å². The fourth-order valence-corrected chi connectivity index (χ4v) is 7.00.